The van der Waals surface area contributed by atoms with Crippen LogP contribution in [0.3, 0.4) is 0 Å². The number of halogens is 3. The van der Waals surface area contributed by atoms with Crippen LogP contribution in [-0.4, -0.2) is 69.5 Å². The van der Waals surface area contributed by atoms with E-state index < -0.39 is 12.1 Å². The molecule has 1 atom stereocenters. The Kier molecular flexibility index (Phi) is 7.96. The molecule has 11 heteroatoms. The molecule has 0 aliphatic carbocycles. The SMILES string of the molecule is COc1ccccc1CN1Cc2ccnn2C(CCN2CCCC2=O)C1.O=C(O)C(F)(F)F. The average Bonchev–Trinajstić information content (AvgIpc) is 3.41. The van der Waals surface area contributed by atoms with Gasteiger partial charge in [-0.2, -0.15) is 18.3 Å². The summed E-state index contributed by atoms with van der Waals surface area (Å²) < 4.78 is 39.4. The summed E-state index contributed by atoms with van der Waals surface area (Å²) in [5.41, 5.74) is 2.44. The number of aliphatic carboxylic acids is 1. The van der Waals surface area contributed by atoms with E-state index in [0.717, 1.165) is 51.3 Å². The Hall–Kier alpha value is -3.08. The van der Waals surface area contributed by atoms with Crippen LogP contribution < -0.4 is 4.74 Å². The first-order chi connectivity index (χ1) is 15.7. The molecule has 1 saturated heterocycles. The number of rotatable bonds is 6. The summed E-state index contributed by atoms with van der Waals surface area (Å²) in [5, 5.41) is 11.7. The van der Waals surface area contributed by atoms with Gasteiger partial charge in [0, 0.05) is 50.9 Å². The number of hydrogen-bond acceptors (Lipinski definition) is 5. The third-order valence-electron chi connectivity index (χ3n) is 5.69. The van der Waals surface area contributed by atoms with Crippen LogP contribution in [0.25, 0.3) is 0 Å². The van der Waals surface area contributed by atoms with Gasteiger partial charge >= 0.3 is 12.1 Å². The fourth-order valence-electron chi connectivity index (χ4n) is 4.12. The van der Waals surface area contributed by atoms with Gasteiger partial charge in [-0.25, -0.2) is 4.79 Å². The van der Waals surface area contributed by atoms with Crippen LogP contribution in [0.2, 0.25) is 0 Å². The zero-order valence-electron chi connectivity index (χ0n) is 18.3. The second kappa shape index (κ2) is 10.7. The van der Waals surface area contributed by atoms with E-state index in [1.165, 1.54) is 11.3 Å². The summed E-state index contributed by atoms with van der Waals surface area (Å²) in [5.74, 6) is -1.52. The fourth-order valence-corrected chi connectivity index (χ4v) is 4.12. The first-order valence-electron chi connectivity index (χ1n) is 10.6. The van der Waals surface area contributed by atoms with Gasteiger partial charge in [0.25, 0.3) is 0 Å². The molecule has 4 rings (SSSR count). The summed E-state index contributed by atoms with van der Waals surface area (Å²) in [4.78, 5) is 25.2. The van der Waals surface area contributed by atoms with E-state index in [-0.39, 0.29) is 0 Å². The van der Waals surface area contributed by atoms with Crippen LogP contribution >= 0.6 is 0 Å². The van der Waals surface area contributed by atoms with Gasteiger partial charge < -0.3 is 14.7 Å². The van der Waals surface area contributed by atoms with Crippen molar-refractivity contribution in [3.63, 3.8) is 0 Å². The normalized spacial score (nSPS) is 18.5. The van der Waals surface area contributed by atoms with Crippen molar-refractivity contribution in [2.24, 2.45) is 0 Å². The molecule has 1 fully saturated rings. The molecule has 0 bridgehead atoms. The first-order valence-corrected chi connectivity index (χ1v) is 10.6. The molecule has 2 aliphatic rings. The number of fused-ring (bicyclic) bond motifs is 1. The number of carbonyl (C=O) groups is 2. The van der Waals surface area contributed by atoms with Crippen LogP contribution in [0.15, 0.2) is 36.5 Å². The van der Waals surface area contributed by atoms with Crippen molar-refractivity contribution in [3.05, 3.63) is 47.8 Å². The number of carboxylic acid groups (broad SMARTS) is 1. The molecule has 1 N–H and O–H groups in total. The number of carbonyl (C=O) groups excluding carboxylic acids is 1. The van der Waals surface area contributed by atoms with Crippen molar-refractivity contribution < 1.29 is 32.6 Å². The Labute approximate surface area is 189 Å². The van der Waals surface area contributed by atoms with Crippen molar-refractivity contribution in [1.82, 2.24) is 19.6 Å². The van der Waals surface area contributed by atoms with Crippen LogP contribution in [0.4, 0.5) is 13.2 Å². The van der Waals surface area contributed by atoms with E-state index in [1.807, 2.05) is 23.2 Å². The second-order valence-electron chi connectivity index (χ2n) is 7.98. The zero-order chi connectivity index (χ0) is 24.0. The lowest BCUT2D eigenvalue weighted by molar-refractivity contribution is -0.192. The molecule has 33 heavy (non-hydrogen) atoms. The maximum absolute atomic E-state index is 11.9. The van der Waals surface area contributed by atoms with Crippen molar-refractivity contribution in [1.29, 1.82) is 0 Å². The van der Waals surface area contributed by atoms with Gasteiger partial charge in [-0.05, 0) is 25.0 Å². The van der Waals surface area contributed by atoms with Gasteiger partial charge in [-0.3, -0.25) is 14.4 Å². The highest BCUT2D eigenvalue weighted by Gasteiger charge is 2.38. The average molecular weight is 468 g/mol. The monoisotopic (exact) mass is 468 g/mol. The summed E-state index contributed by atoms with van der Waals surface area (Å²) >= 11 is 0. The first kappa shape index (κ1) is 24.6. The van der Waals surface area contributed by atoms with Gasteiger partial charge in [0.2, 0.25) is 5.91 Å². The maximum atomic E-state index is 11.9. The summed E-state index contributed by atoms with van der Waals surface area (Å²) in [6, 6.07) is 10.6. The second-order valence-corrected chi connectivity index (χ2v) is 7.98. The molecule has 1 unspecified atom stereocenters. The van der Waals surface area contributed by atoms with E-state index in [4.69, 9.17) is 14.6 Å². The molecule has 2 aromatic rings. The minimum Gasteiger partial charge on any atom is -0.496 e. The number of likely N-dealkylation sites (tertiary alicyclic amines) is 1. The predicted octanol–water partition coefficient (Wildman–Crippen LogP) is 3.09. The maximum Gasteiger partial charge on any atom is 0.490 e. The molecule has 1 amide bonds. The highest BCUT2D eigenvalue weighted by molar-refractivity contribution is 5.78. The number of carboxylic acids is 1. The van der Waals surface area contributed by atoms with Gasteiger partial charge in [0.15, 0.2) is 0 Å². The Bertz CT molecular complexity index is 963. The number of para-hydroxylation sites is 1. The van der Waals surface area contributed by atoms with Gasteiger partial charge in [0.05, 0.1) is 18.8 Å². The van der Waals surface area contributed by atoms with E-state index in [2.05, 4.69) is 32.9 Å². The standard InChI is InChI=1S/C20H26N4O2.C2HF3O2/c1-26-19-6-3-2-5-16(19)13-22-14-17-8-10-21-24(17)18(15-22)9-12-23-11-4-7-20(23)25;3-2(4,5)1(6)7/h2-3,5-6,8,10,18H,4,7,9,11-15H2,1H3;(H,6,7). The molecule has 2 aliphatic heterocycles. The van der Waals surface area contributed by atoms with E-state index >= 15 is 0 Å². The Morgan fingerprint density at radius 3 is 2.64 bits per heavy atom. The Morgan fingerprint density at radius 2 is 2.00 bits per heavy atom. The van der Waals surface area contributed by atoms with E-state index in [0.29, 0.717) is 18.4 Å². The van der Waals surface area contributed by atoms with Gasteiger partial charge in [0.1, 0.15) is 5.75 Å². The molecule has 1 aromatic heterocycles. The third-order valence-corrected chi connectivity index (χ3v) is 5.69. The predicted molar refractivity (Wildman–Crippen MR) is 112 cm³/mol. The number of benzene rings is 1. The molecule has 0 radical (unpaired) electrons. The molecule has 1 aromatic carbocycles. The smallest absolute Gasteiger partial charge is 0.490 e. The fraction of sp³-hybridized carbons (Fsp3) is 0.500. The van der Waals surface area contributed by atoms with Crippen LogP contribution in [0, 0.1) is 0 Å². The third kappa shape index (κ3) is 6.47. The molecule has 180 valence electrons. The number of hydrogen-bond donors (Lipinski definition) is 1. The molecule has 8 nitrogen and oxygen atoms in total. The molecular weight excluding hydrogens is 441 g/mol. The van der Waals surface area contributed by atoms with E-state index in [9.17, 15) is 18.0 Å². The van der Waals surface area contributed by atoms with E-state index in [1.54, 1.807) is 7.11 Å². The van der Waals surface area contributed by atoms with Crippen molar-refractivity contribution >= 4 is 11.9 Å². The number of alkyl halides is 3. The summed E-state index contributed by atoms with van der Waals surface area (Å²) in [7, 11) is 1.72. The summed E-state index contributed by atoms with van der Waals surface area (Å²) in [6.45, 7) is 4.41. The molecule has 0 spiro atoms. The molecular formula is C22H27F3N4O4. The van der Waals surface area contributed by atoms with Crippen LogP contribution in [0.5, 0.6) is 5.75 Å². The minimum absolute atomic E-state index is 0.298. The summed E-state index contributed by atoms with van der Waals surface area (Å²) in [6.07, 6.45) is -0.549. The van der Waals surface area contributed by atoms with Gasteiger partial charge in [-0.15, -0.1) is 0 Å². The highest BCUT2D eigenvalue weighted by atomic mass is 19.4. The van der Waals surface area contributed by atoms with Gasteiger partial charge in [-0.1, -0.05) is 18.2 Å². The minimum atomic E-state index is -5.08. The lowest BCUT2D eigenvalue weighted by Crippen LogP contribution is -2.39. The van der Waals surface area contributed by atoms with Crippen LogP contribution in [0.1, 0.15) is 36.6 Å². The lowest BCUT2D eigenvalue weighted by Gasteiger charge is -2.35. The lowest BCUT2D eigenvalue weighted by atomic mass is 10.1. The Balaban J connectivity index is 0.000000383. The molecule has 0 saturated carbocycles. The van der Waals surface area contributed by atoms with Crippen molar-refractivity contribution in [3.8, 4) is 5.75 Å². The molecule has 3 heterocycles. The largest absolute Gasteiger partial charge is 0.496 e. The van der Waals surface area contributed by atoms with Crippen molar-refractivity contribution in [2.75, 3.05) is 26.7 Å². The quantitative estimate of drug-likeness (QED) is 0.701. The number of methoxy groups -OCH3 is 1. The van der Waals surface area contributed by atoms with Crippen LogP contribution in [-0.2, 0) is 22.7 Å². The zero-order valence-corrected chi connectivity index (χ0v) is 18.3. The van der Waals surface area contributed by atoms with Crippen molar-refractivity contribution in [2.45, 2.75) is 44.6 Å². The highest BCUT2D eigenvalue weighted by Crippen LogP contribution is 2.27. The Morgan fingerprint density at radius 1 is 1.27 bits per heavy atom. The number of amides is 1. The number of nitrogens with zero attached hydrogens (tertiary/aromatic N) is 4. The number of aromatic nitrogens is 2. The number of ether oxygens (including phenoxy) is 1. The topological polar surface area (TPSA) is 87.9 Å².